The van der Waals surface area contributed by atoms with E-state index in [9.17, 15) is 14.7 Å². The summed E-state index contributed by atoms with van der Waals surface area (Å²) in [7, 11) is 4.55. The lowest BCUT2D eigenvalue weighted by molar-refractivity contribution is 0.0597. The lowest BCUT2D eigenvalue weighted by Crippen LogP contribution is -2.08. The first-order valence-electron chi connectivity index (χ1n) is 20.1. The molecule has 0 saturated heterocycles. The van der Waals surface area contributed by atoms with Gasteiger partial charge in [-0.2, -0.15) is 0 Å². The van der Waals surface area contributed by atoms with Gasteiger partial charge < -0.3 is 37.9 Å². The molecule has 0 radical (unpaired) electrons. The van der Waals surface area contributed by atoms with Crippen molar-refractivity contribution in [1.82, 2.24) is 9.13 Å². The Morgan fingerprint density at radius 3 is 1.60 bits per heavy atom. The Hall–Kier alpha value is -4.94. The van der Waals surface area contributed by atoms with E-state index in [1.54, 1.807) is 41.9 Å². The van der Waals surface area contributed by atoms with Crippen LogP contribution < -0.4 is 14.2 Å². The number of phenols is 1. The third-order valence-corrected chi connectivity index (χ3v) is 14.4. The third-order valence-electron chi connectivity index (χ3n) is 12.2. The second-order valence-corrected chi connectivity index (χ2v) is 17.5. The monoisotopic (exact) mass is 808 g/mol. The summed E-state index contributed by atoms with van der Waals surface area (Å²) in [6.07, 6.45) is 12.4. The summed E-state index contributed by atoms with van der Waals surface area (Å²) in [6.45, 7) is 2.59. The summed E-state index contributed by atoms with van der Waals surface area (Å²) in [6, 6.07) is 15.4. The van der Waals surface area contributed by atoms with Crippen LogP contribution in [0.25, 0.3) is 42.9 Å². The Bertz CT molecular complexity index is 2480. The Labute approximate surface area is 339 Å². The Morgan fingerprint density at radius 2 is 1.12 bits per heavy atom. The van der Waals surface area contributed by atoms with E-state index in [1.165, 1.54) is 110 Å². The van der Waals surface area contributed by atoms with Gasteiger partial charge in [0.15, 0.2) is 0 Å². The molecular weight excluding hydrogens is 761 g/mol. The predicted molar refractivity (Wildman–Crippen MR) is 224 cm³/mol. The van der Waals surface area contributed by atoms with Crippen molar-refractivity contribution in [3.8, 4) is 45.5 Å². The highest BCUT2D eigenvalue weighted by Crippen LogP contribution is 2.51. The van der Waals surface area contributed by atoms with E-state index in [4.69, 9.17) is 23.7 Å². The number of methoxy groups -OCH3 is 3. The molecule has 4 aliphatic rings. The molecule has 4 aromatic heterocycles. The van der Waals surface area contributed by atoms with Crippen LogP contribution in [-0.4, -0.2) is 60.7 Å². The van der Waals surface area contributed by atoms with Gasteiger partial charge in [-0.3, -0.25) is 0 Å². The van der Waals surface area contributed by atoms with Gasteiger partial charge in [0.05, 0.1) is 66.2 Å². The summed E-state index contributed by atoms with van der Waals surface area (Å²) >= 11 is 3.11. The average molecular weight is 809 g/mol. The number of ether oxygens (including phenoxy) is 5. The standard InChI is InChI=1S/C23H25NO4S.C22H23NO4S/c1-26-15-8-9-16-18(12-15)28-11-10-24-17-13-19(23(25)27-2)29-22(17)20(21(16)24)14-6-4-3-5-7-14;1-26-22(25)18-12-16-21(28-18)19(13-5-3-2-4-6-13)20-15-8-7-14(24)11-17(15)27-10-9-23(16)20/h8-9,12-14H,3-7,10-11H2,1-2H3;7-8,11-13,24H,2-6,9-10H2,1H3. The fourth-order valence-electron chi connectivity index (χ4n) is 9.55. The van der Waals surface area contributed by atoms with Crippen molar-refractivity contribution in [2.75, 3.05) is 34.5 Å². The Balaban J connectivity index is 0.000000148. The predicted octanol–water partition coefficient (Wildman–Crippen LogP) is 10.9. The minimum atomic E-state index is -0.277. The molecule has 0 atom stereocenters. The number of phenolic OH excluding ortho intramolecular Hbond substituents is 1. The van der Waals surface area contributed by atoms with Crippen molar-refractivity contribution in [3.63, 3.8) is 0 Å². The van der Waals surface area contributed by atoms with Gasteiger partial charge in [0.2, 0.25) is 0 Å². The second kappa shape index (κ2) is 15.8. The van der Waals surface area contributed by atoms with Gasteiger partial charge >= 0.3 is 11.9 Å². The van der Waals surface area contributed by atoms with Crippen LogP contribution in [-0.2, 0) is 22.6 Å². The molecule has 10 nitrogen and oxygen atoms in total. The highest BCUT2D eigenvalue weighted by atomic mass is 32.1. The van der Waals surface area contributed by atoms with Crippen LogP contribution in [0.15, 0.2) is 48.5 Å². The molecule has 0 amide bonds. The first-order valence-corrected chi connectivity index (χ1v) is 21.8. The molecule has 0 bridgehead atoms. The van der Waals surface area contributed by atoms with Crippen LogP contribution in [0.2, 0.25) is 0 Å². The van der Waals surface area contributed by atoms with Gasteiger partial charge in [-0.15, -0.1) is 22.7 Å². The van der Waals surface area contributed by atoms with Crippen LogP contribution in [0.4, 0.5) is 0 Å². The van der Waals surface area contributed by atoms with Gasteiger partial charge in [-0.25, -0.2) is 9.59 Å². The van der Waals surface area contributed by atoms with Gasteiger partial charge in [0.1, 0.15) is 46.0 Å². The zero-order valence-electron chi connectivity index (χ0n) is 32.7. The number of esters is 2. The van der Waals surface area contributed by atoms with Gasteiger partial charge in [-0.05, 0) is 85.0 Å². The smallest absolute Gasteiger partial charge is 0.348 e. The van der Waals surface area contributed by atoms with Crippen LogP contribution in [0, 0.1) is 0 Å². The van der Waals surface area contributed by atoms with E-state index in [2.05, 4.69) is 15.2 Å². The molecule has 2 aromatic carbocycles. The number of hydrogen-bond donors (Lipinski definition) is 1. The summed E-state index contributed by atoms with van der Waals surface area (Å²) < 4.78 is 34.5. The van der Waals surface area contributed by atoms with Crippen molar-refractivity contribution in [2.24, 2.45) is 0 Å². The summed E-state index contributed by atoms with van der Waals surface area (Å²) in [5.74, 6) is 3.08. The highest BCUT2D eigenvalue weighted by Gasteiger charge is 2.33. The fourth-order valence-corrected chi connectivity index (χ4v) is 12.0. The number of fused-ring (bicyclic) bond motifs is 10. The summed E-state index contributed by atoms with van der Waals surface area (Å²) in [5, 5.41) is 9.93. The molecule has 0 spiro atoms. The minimum absolute atomic E-state index is 0.216. The number of benzene rings is 2. The van der Waals surface area contributed by atoms with Crippen molar-refractivity contribution < 1.29 is 38.4 Å². The van der Waals surface area contributed by atoms with Gasteiger partial charge in [0.25, 0.3) is 0 Å². The van der Waals surface area contributed by atoms with E-state index in [-0.39, 0.29) is 17.7 Å². The van der Waals surface area contributed by atoms with Crippen molar-refractivity contribution in [1.29, 1.82) is 0 Å². The van der Waals surface area contributed by atoms with Crippen molar-refractivity contribution in [2.45, 2.75) is 89.1 Å². The third kappa shape index (κ3) is 6.74. The lowest BCUT2D eigenvalue weighted by Gasteiger charge is -2.23. The Morgan fingerprint density at radius 1 is 0.649 bits per heavy atom. The molecular formula is C45H48N2O8S2. The first kappa shape index (κ1) is 37.6. The lowest BCUT2D eigenvalue weighted by atomic mass is 9.83. The number of carbonyl (C=O) groups is 2. The van der Waals surface area contributed by atoms with E-state index in [0.717, 1.165) is 46.0 Å². The van der Waals surface area contributed by atoms with Crippen LogP contribution in [0.5, 0.6) is 23.0 Å². The number of aromatic hydroxyl groups is 1. The number of thiophene rings is 2. The number of aromatic nitrogens is 2. The Kier molecular flexibility index (Phi) is 10.4. The van der Waals surface area contributed by atoms with E-state index in [1.807, 2.05) is 30.3 Å². The van der Waals surface area contributed by atoms with Crippen LogP contribution in [0.3, 0.4) is 0 Å². The van der Waals surface area contributed by atoms with Gasteiger partial charge in [-0.1, -0.05) is 38.5 Å². The molecule has 6 aromatic rings. The topological polar surface area (TPSA) is 110 Å². The molecule has 1 N–H and O–H groups in total. The molecule has 2 saturated carbocycles. The number of hydrogen-bond acceptors (Lipinski definition) is 10. The molecule has 298 valence electrons. The molecule has 6 heterocycles. The minimum Gasteiger partial charge on any atom is -0.508 e. The molecule has 2 fully saturated rings. The number of carbonyl (C=O) groups excluding carboxylic acids is 2. The maximum atomic E-state index is 12.2. The number of rotatable bonds is 5. The zero-order valence-corrected chi connectivity index (χ0v) is 34.3. The van der Waals surface area contributed by atoms with Crippen molar-refractivity contribution in [3.05, 3.63) is 69.4 Å². The number of nitrogens with zero attached hydrogens (tertiary/aromatic N) is 2. The normalized spacial score (nSPS) is 16.8. The van der Waals surface area contributed by atoms with E-state index in [0.29, 0.717) is 41.3 Å². The maximum absolute atomic E-state index is 12.2. The second-order valence-electron chi connectivity index (χ2n) is 15.4. The fraction of sp³-hybridized carbons (Fsp3) is 0.422. The molecule has 0 unspecified atom stereocenters. The first-order chi connectivity index (χ1) is 27.9. The van der Waals surface area contributed by atoms with E-state index >= 15 is 0 Å². The van der Waals surface area contributed by atoms with Crippen molar-refractivity contribution >= 4 is 55.0 Å². The quantitative estimate of drug-likeness (QED) is 0.171. The largest absolute Gasteiger partial charge is 0.508 e. The van der Waals surface area contributed by atoms with Crippen LogP contribution in [0.1, 0.15) is 107 Å². The highest BCUT2D eigenvalue weighted by molar-refractivity contribution is 7.21. The summed E-state index contributed by atoms with van der Waals surface area (Å²) in [4.78, 5) is 25.7. The zero-order chi connectivity index (χ0) is 39.2. The molecule has 2 aliphatic heterocycles. The summed E-state index contributed by atoms with van der Waals surface area (Å²) in [5.41, 5.74) is 9.53. The van der Waals surface area contributed by atoms with E-state index < -0.39 is 0 Å². The molecule has 57 heavy (non-hydrogen) atoms. The molecule has 2 aliphatic carbocycles. The maximum Gasteiger partial charge on any atom is 0.348 e. The SMILES string of the molecule is COC(=O)c1cc2c(s1)c(C1CCCCC1)c1n2CCOc2cc(O)ccc2-1.COC(=O)c1cc2c(s1)c(C1CCCCC1)c1n2CCOc2cc(OC)ccc2-1. The van der Waals surface area contributed by atoms with Crippen LogP contribution >= 0.6 is 22.7 Å². The molecule has 10 rings (SSSR count). The average Bonchev–Trinajstić information content (AvgIpc) is 3.95. The van der Waals surface area contributed by atoms with Gasteiger partial charge in [0, 0.05) is 23.3 Å². The molecule has 12 heteroatoms.